The Hall–Kier alpha value is -2.09. The SMILES string of the molecule is CCc1cc(OCCC(=O)NC(N)=O)c(C(=O)O)s1. The van der Waals surface area contributed by atoms with E-state index in [4.69, 9.17) is 15.6 Å². The molecule has 1 aromatic rings. The summed E-state index contributed by atoms with van der Waals surface area (Å²) in [6, 6.07) is 0.708. The van der Waals surface area contributed by atoms with E-state index in [0.717, 1.165) is 16.2 Å². The second-order valence-corrected chi connectivity index (χ2v) is 4.71. The quantitative estimate of drug-likeness (QED) is 0.720. The van der Waals surface area contributed by atoms with Crippen molar-refractivity contribution in [1.82, 2.24) is 5.32 Å². The molecule has 0 saturated carbocycles. The zero-order valence-corrected chi connectivity index (χ0v) is 11.1. The van der Waals surface area contributed by atoms with Gasteiger partial charge in [0.1, 0.15) is 5.75 Å². The Morgan fingerprint density at radius 3 is 2.68 bits per heavy atom. The van der Waals surface area contributed by atoms with Crippen molar-refractivity contribution in [3.05, 3.63) is 15.8 Å². The molecule has 0 atom stereocenters. The maximum atomic E-state index is 11.1. The number of ether oxygens (including phenoxy) is 1. The summed E-state index contributed by atoms with van der Waals surface area (Å²) in [5.74, 6) is -1.40. The molecule has 1 aromatic heterocycles. The number of thiophene rings is 1. The molecule has 0 fully saturated rings. The Kier molecular flexibility index (Phi) is 5.31. The number of nitrogens with one attached hydrogen (secondary N) is 1. The summed E-state index contributed by atoms with van der Waals surface area (Å²) in [5, 5.41) is 10.9. The van der Waals surface area contributed by atoms with E-state index in [1.54, 1.807) is 6.07 Å². The number of aryl methyl sites for hydroxylation is 1. The Labute approximate surface area is 113 Å². The summed E-state index contributed by atoms with van der Waals surface area (Å²) in [6.07, 6.45) is 0.621. The van der Waals surface area contributed by atoms with Crippen LogP contribution >= 0.6 is 11.3 Å². The lowest BCUT2D eigenvalue weighted by molar-refractivity contribution is -0.120. The van der Waals surface area contributed by atoms with Gasteiger partial charge in [-0.05, 0) is 12.5 Å². The second-order valence-electron chi connectivity index (χ2n) is 3.58. The van der Waals surface area contributed by atoms with Crippen LogP contribution in [-0.4, -0.2) is 29.6 Å². The van der Waals surface area contributed by atoms with Crippen LogP contribution in [0.2, 0.25) is 0 Å². The van der Waals surface area contributed by atoms with Crippen molar-refractivity contribution in [2.75, 3.05) is 6.61 Å². The van der Waals surface area contributed by atoms with E-state index >= 15 is 0 Å². The molecule has 0 aliphatic rings. The number of hydrogen-bond donors (Lipinski definition) is 3. The molecule has 0 unspecified atom stereocenters. The van der Waals surface area contributed by atoms with Gasteiger partial charge in [0.25, 0.3) is 0 Å². The molecule has 0 radical (unpaired) electrons. The third-order valence-electron chi connectivity index (χ3n) is 2.14. The number of primary amides is 1. The van der Waals surface area contributed by atoms with E-state index in [0.29, 0.717) is 6.42 Å². The van der Waals surface area contributed by atoms with E-state index < -0.39 is 17.9 Å². The molecule has 0 aromatic carbocycles. The number of carbonyl (C=O) groups excluding carboxylic acids is 2. The van der Waals surface area contributed by atoms with Crippen LogP contribution in [-0.2, 0) is 11.2 Å². The van der Waals surface area contributed by atoms with Crippen molar-refractivity contribution in [2.45, 2.75) is 19.8 Å². The predicted molar refractivity (Wildman–Crippen MR) is 68.5 cm³/mol. The molecule has 0 aliphatic carbocycles. The molecular formula is C11H14N2O5S. The monoisotopic (exact) mass is 286 g/mol. The smallest absolute Gasteiger partial charge is 0.349 e. The third-order valence-corrected chi connectivity index (χ3v) is 3.39. The number of nitrogens with two attached hydrogens (primary N) is 1. The fourth-order valence-electron chi connectivity index (χ4n) is 1.31. The molecule has 0 spiro atoms. The molecule has 7 nitrogen and oxygen atoms in total. The van der Waals surface area contributed by atoms with E-state index in [9.17, 15) is 14.4 Å². The van der Waals surface area contributed by atoms with Crippen molar-refractivity contribution in [3.63, 3.8) is 0 Å². The van der Waals surface area contributed by atoms with Gasteiger partial charge in [0, 0.05) is 4.88 Å². The number of carbonyl (C=O) groups is 3. The van der Waals surface area contributed by atoms with E-state index in [1.165, 1.54) is 0 Å². The fraction of sp³-hybridized carbons (Fsp3) is 0.364. The zero-order valence-electron chi connectivity index (χ0n) is 10.3. The Morgan fingerprint density at radius 2 is 2.16 bits per heavy atom. The normalized spacial score (nSPS) is 9.95. The maximum Gasteiger partial charge on any atom is 0.349 e. The minimum atomic E-state index is -1.07. The van der Waals surface area contributed by atoms with Crippen molar-refractivity contribution in [1.29, 1.82) is 0 Å². The first-order valence-corrected chi connectivity index (χ1v) is 6.33. The van der Waals surface area contributed by atoms with Crippen LogP contribution in [0.4, 0.5) is 4.79 Å². The minimum Gasteiger partial charge on any atom is -0.491 e. The maximum absolute atomic E-state index is 11.1. The summed E-state index contributed by atoms with van der Waals surface area (Å²) >= 11 is 1.14. The first kappa shape index (κ1) is 15.0. The molecule has 1 rings (SSSR count). The van der Waals surface area contributed by atoms with Crippen LogP contribution in [0.5, 0.6) is 5.75 Å². The van der Waals surface area contributed by atoms with Gasteiger partial charge in [0.2, 0.25) is 5.91 Å². The van der Waals surface area contributed by atoms with Crippen LogP contribution in [0.25, 0.3) is 0 Å². The fourth-order valence-corrected chi connectivity index (χ4v) is 2.18. The number of imide groups is 1. The van der Waals surface area contributed by atoms with E-state index in [-0.39, 0.29) is 23.7 Å². The number of rotatable bonds is 6. The predicted octanol–water partition coefficient (Wildman–Crippen LogP) is 0.973. The van der Waals surface area contributed by atoms with Crippen LogP contribution < -0.4 is 15.8 Å². The number of aromatic carboxylic acids is 1. The van der Waals surface area contributed by atoms with Crippen molar-refractivity contribution < 1.29 is 24.2 Å². The van der Waals surface area contributed by atoms with Crippen LogP contribution in [0.3, 0.4) is 0 Å². The highest BCUT2D eigenvalue weighted by Gasteiger charge is 2.16. The van der Waals surface area contributed by atoms with E-state index in [1.807, 2.05) is 12.2 Å². The molecular weight excluding hydrogens is 272 g/mol. The number of hydrogen-bond acceptors (Lipinski definition) is 5. The van der Waals surface area contributed by atoms with Crippen molar-refractivity contribution in [2.24, 2.45) is 5.73 Å². The van der Waals surface area contributed by atoms with Gasteiger partial charge >= 0.3 is 12.0 Å². The minimum absolute atomic E-state index is 0.0285. The number of urea groups is 1. The summed E-state index contributed by atoms with van der Waals surface area (Å²) in [5.41, 5.74) is 4.77. The third kappa shape index (κ3) is 4.59. The van der Waals surface area contributed by atoms with Crippen LogP contribution in [0, 0.1) is 0 Å². The molecule has 8 heteroatoms. The van der Waals surface area contributed by atoms with E-state index in [2.05, 4.69) is 0 Å². The molecule has 104 valence electrons. The zero-order chi connectivity index (χ0) is 14.4. The number of carboxylic acids is 1. The van der Waals surface area contributed by atoms with Crippen LogP contribution in [0.1, 0.15) is 27.9 Å². The first-order chi connectivity index (χ1) is 8.93. The first-order valence-electron chi connectivity index (χ1n) is 5.52. The average molecular weight is 286 g/mol. The topological polar surface area (TPSA) is 119 Å². The number of amides is 3. The van der Waals surface area contributed by atoms with Crippen molar-refractivity contribution in [3.8, 4) is 5.75 Å². The lowest BCUT2D eigenvalue weighted by atomic mass is 10.3. The lowest BCUT2D eigenvalue weighted by Crippen LogP contribution is -2.35. The molecule has 19 heavy (non-hydrogen) atoms. The van der Waals surface area contributed by atoms with Gasteiger partial charge < -0.3 is 15.6 Å². The average Bonchev–Trinajstić information content (AvgIpc) is 2.71. The van der Waals surface area contributed by atoms with Gasteiger partial charge in [-0.1, -0.05) is 6.92 Å². The Morgan fingerprint density at radius 1 is 1.47 bits per heavy atom. The number of carboxylic acid groups (broad SMARTS) is 1. The van der Waals surface area contributed by atoms with Gasteiger partial charge in [0.15, 0.2) is 4.88 Å². The second kappa shape index (κ2) is 6.74. The molecule has 3 amide bonds. The Bertz CT molecular complexity index is 497. The summed E-state index contributed by atoms with van der Waals surface area (Å²) in [4.78, 5) is 33.5. The summed E-state index contributed by atoms with van der Waals surface area (Å²) in [6.45, 7) is 1.88. The highest BCUT2D eigenvalue weighted by atomic mass is 32.1. The standard InChI is InChI=1S/C11H14N2O5S/c1-2-6-5-7(9(19-6)10(15)16)18-4-3-8(14)13-11(12)17/h5H,2-4H2,1H3,(H,15,16)(H3,12,13,14,17). The molecule has 0 aliphatic heterocycles. The van der Waals surface area contributed by atoms with Gasteiger partial charge in [-0.25, -0.2) is 9.59 Å². The van der Waals surface area contributed by atoms with Gasteiger partial charge in [0.05, 0.1) is 13.0 Å². The van der Waals surface area contributed by atoms with Gasteiger partial charge in [-0.2, -0.15) is 0 Å². The molecule has 0 bridgehead atoms. The summed E-state index contributed by atoms with van der Waals surface area (Å²) in [7, 11) is 0. The van der Waals surface area contributed by atoms with Gasteiger partial charge in [-0.15, -0.1) is 11.3 Å². The largest absolute Gasteiger partial charge is 0.491 e. The highest BCUT2D eigenvalue weighted by Crippen LogP contribution is 2.29. The highest BCUT2D eigenvalue weighted by molar-refractivity contribution is 7.14. The van der Waals surface area contributed by atoms with Gasteiger partial charge in [-0.3, -0.25) is 10.1 Å². The summed E-state index contributed by atoms with van der Waals surface area (Å²) < 4.78 is 5.25. The lowest BCUT2D eigenvalue weighted by Gasteiger charge is -2.04. The molecule has 4 N–H and O–H groups in total. The van der Waals surface area contributed by atoms with Crippen molar-refractivity contribution >= 4 is 29.2 Å². The Balaban J connectivity index is 2.57. The molecule has 1 heterocycles. The molecule has 0 saturated heterocycles. The van der Waals surface area contributed by atoms with Crippen LogP contribution in [0.15, 0.2) is 6.07 Å².